The summed E-state index contributed by atoms with van der Waals surface area (Å²) in [6, 6.07) is 14.7. The van der Waals surface area contributed by atoms with Crippen molar-refractivity contribution in [3.8, 4) is 11.3 Å². The molecule has 1 unspecified atom stereocenters. The van der Waals surface area contributed by atoms with E-state index in [2.05, 4.69) is 25.6 Å². The number of aliphatic hydroxyl groups excluding tert-OH is 1. The highest BCUT2D eigenvalue weighted by molar-refractivity contribution is 5.96. The van der Waals surface area contributed by atoms with E-state index in [1.165, 1.54) is 0 Å². The number of alkyl halides is 3. The van der Waals surface area contributed by atoms with Crippen LogP contribution in [0, 0.1) is 0 Å². The molecule has 5 rings (SSSR count). The highest BCUT2D eigenvalue weighted by Crippen LogP contribution is 2.38. The van der Waals surface area contributed by atoms with Crippen molar-refractivity contribution in [3.63, 3.8) is 0 Å². The van der Waals surface area contributed by atoms with E-state index in [4.69, 9.17) is 4.42 Å². The smallest absolute Gasteiger partial charge is 0.433 e. The van der Waals surface area contributed by atoms with Crippen molar-refractivity contribution in [1.82, 2.24) is 25.6 Å². The number of furan rings is 1. The van der Waals surface area contributed by atoms with Crippen LogP contribution in [0.1, 0.15) is 23.2 Å². The largest absolute Gasteiger partial charge is 0.456 e. The molecule has 2 N–H and O–H groups in total. The average Bonchev–Trinajstić information content (AvgIpc) is 3.41. The van der Waals surface area contributed by atoms with Gasteiger partial charge in [-0.3, -0.25) is 0 Å². The Kier molecular flexibility index (Phi) is 4.03. The summed E-state index contributed by atoms with van der Waals surface area (Å²) in [7, 11) is 0. The number of hydrogen-bond acceptors (Lipinski definition) is 6. The van der Waals surface area contributed by atoms with Gasteiger partial charge in [-0.15, -0.1) is 5.10 Å². The van der Waals surface area contributed by atoms with Crippen LogP contribution < -0.4 is 0 Å². The maximum absolute atomic E-state index is 13.6. The summed E-state index contributed by atoms with van der Waals surface area (Å²) < 4.78 is 46.6. The molecular formula is C20H12F3N5O2. The molecule has 3 aromatic heterocycles. The fourth-order valence-electron chi connectivity index (χ4n) is 3.39. The number of rotatable bonds is 3. The Morgan fingerprint density at radius 1 is 1.03 bits per heavy atom. The number of aromatic amines is 1. The molecular weight excluding hydrogens is 399 g/mol. The Morgan fingerprint density at radius 2 is 1.87 bits per heavy atom. The van der Waals surface area contributed by atoms with E-state index in [1.54, 1.807) is 36.4 Å². The third-order valence-electron chi connectivity index (χ3n) is 4.77. The van der Waals surface area contributed by atoms with Crippen molar-refractivity contribution in [1.29, 1.82) is 0 Å². The van der Waals surface area contributed by atoms with Crippen molar-refractivity contribution < 1.29 is 22.7 Å². The number of nitrogens with one attached hydrogen (secondary N) is 1. The van der Waals surface area contributed by atoms with Crippen LogP contribution >= 0.6 is 0 Å². The van der Waals surface area contributed by atoms with Gasteiger partial charge in [0.25, 0.3) is 0 Å². The quantitative estimate of drug-likeness (QED) is 0.460. The van der Waals surface area contributed by atoms with Crippen molar-refractivity contribution >= 4 is 21.9 Å². The first-order chi connectivity index (χ1) is 14.4. The minimum Gasteiger partial charge on any atom is -0.456 e. The first-order valence-electron chi connectivity index (χ1n) is 8.83. The van der Waals surface area contributed by atoms with Crippen LogP contribution in [0.5, 0.6) is 0 Å². The van der Waals surface area contributed by atoms with Gasteiger partial charge in [0.1, 0.15) is 23.1 Å². The number of pyridine rings is 1. The van der Waals surface area contributed by atoms with Gasteiger partial charge in [-0.25, -0.2) is 10.1 Å². The zero-order valence-electron chi connectivity index (χ0n) is 15.1. The van der Waals surface area contributed by atoms with Crippen molar-refractivity contribution in [2.24, 2.45) is 0 Å². The molecule has 0 spiro atoms. The molecule has 0 bridgehead atoms. The summed E-state index contributed by atoms with van der Waals surface area (Å²) in [5.74, 6) is 0.292. The van der Waals surface area contributed by atoms with Gasteiger partial charge in [0, 0.05) is 16.3 Å². The average molecular weight is 411 g/mol. The summed E-state index contributed by atoms with van der Waals surface area (Å²) in [4.78, 5) is 3.86. The monoisotopic (exact) mass is 411 g/mol. The lowest BCUT2D eigenvalue weighted by molar-refractivity contribution is -0.141. The Balaban J connectivity index is 1.80. The summed E-state index contributed by atoms with van der Waals surface area (Å²) in [6.45, 7) is 0. The van der Waals surface area contributed by atoms with Gasteiger partial charge < -0.3 is 9.52 Å². The number of benzene rings is 2. The van der Waals surface area contributed by atoms with Crippen LogP contribution in [0.3, 0.4) is 0 Å². The van der Waals surface area contributed by atoms with Gasteiger partial charge in [0.05, 0.1) is 5.52 Å². The number of fused-ring (bicyclic) bond motifs is 2. The second kappa shape index (κ2) is 6.63. The van der Waals surface area contributed by atoms with Crippen LogP contribution in [0.15, 0.2) is 59.0 Å². The molecule has 0 saturated carbocycles. The summed E-state index contributed by atoms with van der Waals surface area (Å²) in [5.41, 5.74) is -0.139. The molecule has 1 atom stereocenters. The van der Waals surface area contributed by atoms with E-state index in [0.717, 1.165) is 11.5 Å². The fourth-order valence-corrected chi connectivity index (χ4v) is 3.39. The predicted molar refractivity (Wildman–Crippen MR) is 100 cm³/mol. The molecule has 0 aliphatic carbocycles. The normalized spacial score (nSPS) is 13.2. The minimum absolute atomic E-state index is 0.0242. The molecule has 10 heteroatoms. The molecule has 2 aromatic carbocycles. The minimum atomic E-state index is -4.72. The van der Waals surface area contributed by atoms with Gasteiger partial charge in [0.15, 0.2) is 5.82 Å². The summed E-state index contributed by atoms with van der Waals surface area (Å²) >= 11 is 0. The lowest BCUT2D eigenvalue weighted by atomic mass is 9.98. The topological polar surface area (TPSA) is 101 Å². The molecule has 0 radical (unpaired) electrons. The third kappa shape index (κ3) is 2.98. The maximum Gasteiger partial charge on any atom is 0.433 e. The van der Waals surface area contributed by atoms with Crippen LogP contribution in [0.2, 0.25) is 0 Å². The highest BCUT2D eigenvalue weighted by Gasteiger charge is 2.35. The zero-order chi connectivity index (χ0) is 20.9. The lowest BCUT2D eigenvalue weighted by Gasteiger charge is -2.16. The molecule has 0 saturated heterocycles. The van der Waals surface area contributed by atoms with Gasteiger partial charge in [0.2, 0.25) is 0 Å². The van der Waals surface area contributed by atoms with Gasteiger partial charge >= 0.3 is 6.18 Å². The Morgan fingerprint density at radius 3 is 2.60 bits per heavy atom. The van der Waals surface area contributed by atoms with E-state index in [-0.39, 0.29) is 16.9 Å². The molecule has 7 nitrogen and oxygen atoms in total. The lowest BCUT2D eigenvalue weighted by Crippen LogP contribution is -2.12. The van der Waals surface area contributed by atoms with E-state index >= 15 is 0 Å². The first-order valence-corrected chi connectivity index (χ1v) is 8.83. The summed E-state index contributed by atoms with van der Waals surface area (Å²) in [6.07, 6.45) is -6.22. The maximum atomic E-state index is 13.6. The Hall–Kier alpha value is -3.79. The molecule has 5 aromatic rings. The van der Waals surface area contributed by atoms with E-state index in [1.807, 2.05) is 12.1 Å². The molecule has 0 fully saturated rings. The van der Waals surface area contributed by atoms with Crippen molar-refractivity contribution in [2.45, 2.75) is 12.3 Å². The van der Waals surface area contributed by atoms with E-state index in [0.29, 0.717) is 22.3 Å². The number of tetrazole rings is 1. The molecule has 0 aliphatic rings. The predicted octanol–water partition coefficient (Wildman–Crippen LogP) is 4.26. The number of H-pyrrole nitrogens is 1. The molecule has 0 amide bonds. The third-order valence-corrected chi connectivity index (χ3v) is 4.77. The number of nitrogens with zero attached hydrogens (tertiary/aromatic N) is 4. The van der Waals surface area contributed by atoms with E-state index in [9.17, 15) is 18.3 Å². The second-order valence-electron chi connectivity index (χ2n) is 6.63. The van der Waals surface area contributed by atoms with Crippen LogP contribution in [0.4, 0.5) is 13.2 Å². The standard InChI is InChI=1S/C20H12F3N5O2/c21-20(22,23)16-9-13(18(29)19-25-27-28-26-19)11-5-3-6-12(17(11)24-16)15-8-10-4-1-2-7-14(10)30-15/h1-9,18,29H,(H,25,26,27,28). The first kappa shape index (κ1) is 18.3. The number of aromatic nitrogens is 5. The van der Waals surface area contributed by atoms with Crippen LogP contribution in [0.25, 0.3) is 33.2 Å². The number of para-hydroxylation sites is 2. The number of hydrogen-bond donors (Lipinski definition) is 2. The summed E-state index contributed by atoms with van der Waals surface area (Å²) in [5, 5.41) is 24.5. The fraction of sp³-hybridized carbons (Fsp3) is 0.100. The second-order valence-corrected chi connectivity index (χ2v) is 6.63. The molecule has 150 valence electrons. The van der Waals surface area contributed by atoms with Crippen molar-refractivity contribution in [3.05, 3.63) is 71.7 Å². The molecule has 30 heavy (non-hydrogen) atoms. The number of halogens is 3. The Bertz CT molecular complexity index is 1330. The Labute approximate surface area is 166 Å². The highest BCUT2D eigenvalue weighted by atomic mass is 19.4. The molecule has 3 heterocycles. The van der Waals surface area contributed by atoms with Crippen molar-refractivity contribution in [2.75, 3.05) is 0 Å². The molecule has 0 aliphatic heterocycles. The zero-order valence-corrected chi connectivity index (χ0v) is 15.1. The van der Waals surface area contributed by atoms with E-state index < -0.39 is 18.0 Å². The van der Waals surface area contributed by atoms with Gasteiger partial charge in [-0.05, 0) is 40.3 Å². The van der Waals surface area contributed by atoms with Crippen LogP contribution in [-0.4, -0.2) is 30.7 Å². The SMILES string of the molecule is OC(c1nnn[nH]1)c1cc(C(F)(F)F)nc2c(-c3cc4ccccc4o3)cccc12. The van der Waals surface area contributed by atoms with Crippen LogP contribution in [-0.2, 0) is 6.18 Å². The van der Waals surface area contributed by atoms with Gasteiger partial charge in [-0.2, -0.15) is 13.2 Å². The van der Waals surface area contributed by atoms with Gasteiger partial charge in [-0.1, -0.05) is 30.3 Å². The number of aliphatic hydroxyl groups is 1.